The maximum atomic E-state index is 11.7. The van der Waals surface area contributed by atoms with Crippen LogP contribution in [0.2, 0.25) is 25.7 Å². The lowest BCUT2D eigenvalue weighted by molar-refractivity contribution is 0.565. The molecule has 4 heteroatoms. The molecule has 0 N–H and O–H groups in total. The maximum Gasteiger partial charge on any atom is 0.150 e. The highest BCUT2D eigenvalue weighted by Crippen LogP contribution is 2.13. The Labute approximate surface area is 90.0 Å². The van der Waals surface area contributed by atoms with E-state index in [-0.39, 0.29) is 0 Å². The van der Waals surface area contributed by atoms with E-state index in [0.29, 0.717) is 17.4 Å². The van der Waals surface area contributed by atoms with Gasteiger partial charge in [0.2, 0.25) is 0 Å². The van der Waals surface area contributed by atoms with Crippen molar-refractivity contribution in [1.29, 1.82) is 0 Å². The summed E-state index contributed by atoms with van der Waals surface area (Å²) < 4.78 is 23.3. The molecular formula is C10H24O2SSi. The third kappa shape index (κ3) is 7.56. The summed E-state index contributed by atoms with van der Waals surface area (Å²) in [6.45, 7) is 10.7. The molecule has 0 rings (SSSR count). The first-order chi connectivity index (χ1) is 6.16. The smallest absolute Gasteiger partial charge is 0.150 e. The molecule has 86 valence electrons. The van der Waals surface area contributed by atoms with Crippen LogP contribution in [0.25, 0.3) is 0 Å². The molecule has 0 bridgehead atoms. The molecule has 0 aromatic carbocycles. The topological polar surface area (TPSA) is 34.1 Å². The van der Waals surface area contributed by atoms with Crippen LogP contribution in [-0.2, 0) is 9.84 Å². The van der Waals surface area contributed by atoms with Gasteiger partial charge in [-0.3, -0.25) is 0 Å². The zero-order valence-electron chi connectivity index (χ0n) is 10.1. The molecule has 0 aromatic heterocycles. The molecule has 0 unspecified atom stereocenters. The van der Waals surface area contributed by atoms with Gasteiger partial charge in [-0.05, 0) is 12.0 Å². The fourth-order valence-corrected chi connectivity index (χ4v) is 6.06. The first-order valence-corrected chi connectivity index (χ1v) is 10.9. The summed E-state index contributed by atoms with van der Waals surface area (Å²) in [5.41, 5.74) is 0. The van der Waals surface area contributed by atoms with Crippen molar-refractivity contribution >= 4 is 17.9 Å². The molecule has 0 radical (unpaired) electrons. The third-order valence-corrected chi connectivity index (χ3v) is 6.41. The Hall–Kier alpha value is 0.167. The van der Waals surface area contributed by atoms with Crippen molar-refractivity contribution in [3.8, 4) is 0 Å². The Morgan fingerprint density at radius 3 is 2.07 bits per heavy atom. The van der Waals surface area contributed by atoms with Gasteiger partial charge < -0.3 is 0 Å². The van der Waals surface area contributed by atoms with Crippen LogP contribution in [0.3, 0.4) is 0 Å². The first-order valence-electron chi connectivity index (χ1n) is 5.37. The third-order valence-electron chi connectivity index (χ3n) is 2.40. The molecule has 0 aromatic rings. The van der Waals surface area contributed by atoms with E-state index in [1.807, 2.05) is 13.8 Å². The van der Waals surface area contributed by atoms with Crippen LogP contribution < -0.4 is 0 Å². The zero-order valence-corrected chi connectivity index (χ0v) is 11.9. The van der Waals surface area contributed by atoms with Crippen LogP contribution in [0.5, 0.6) is 0 Å². The van der Waals surface area contributed by atoms with E-state index in [0.717, 1.165) is 12.5 Å². The average Bonchev–Trinajstić information content (AvgIpc) is 1.99. The summed E-state index contributed by atoms with van der Waals surface area (Å²) in [5, 5.41) is 0. The van der Waals surface area contributed by atoms with Crippen molar-refractivity contribution in [2.75, 3.05) is 11.5 Å². The average molecular weight is 236 g/mol. The van der Waals surface area contributed by atoms with E-state index in [4.69, 9.17) is 0 Å². The standard InChI is InChI=1S/C10H24O2SSi/c1-6-10(2)9-13(11,12)7-8-14(3,4)5/h10H,6-9H2,1-5H3/t10-/m1/s1. The van der Waals surface area contributed by atoms with Gasteiger partial charge in [0.15, 0.2) is 0 Å². The van der Waals surface area contributed by atoms with Gasteiger partial charge in [0, 0.05) is 13.8 Å². The van der Waals surface area contributed by atoms with E-state index in [2.05, 4.69) is 19.6 Å². The summed E-state index contributed by atoms with van der Waals surface area (Å²) in [7, 11) is -4.00. The summed E-state index contributed by atoms with van der Waals surface area (Å²) in [6.07, 6.45) is 0.951. The van der Waals surface area contributed by atoms with Crippen molar-refractivity contribution in [2.45, 2.75) is 46.0 Å². The molecule has 0 aliphatic carbocycles. The Kier molecular flexibility index (Phi) is 5.37. The fraction of sp³-hybridized carbons (Fsp3) is 1.00. The van der Waals surface area contributed by atoms with Crippen molar-refractivity contribution in [3.05, 3.63) is 0 Å². The normalized spacial score (nSPS) is 15.5. The number of hydrogen-bond donors (Lipinski definition) is 0. The monoisotopic (exact) mass is 236 g/mol. The number of sulfone groups is 1. The molecule has 14 heavy (non-hydrogen) atoms. The Morgan fingerprint density at radius 2 is 1.71 bits per heavy atom. The molecule has 2 nitrogen and oxygen atoms in total. The molecule has 0 saturated heterocycles. The molecule has 0 heterocycles. The summed E-state index contributed by atoms with van der Waals surface area (Å²) in [5.74, 6) is 1.07. The largest absolute Gasteiger partial charge is 0.229 e. The minimum atomic E-state index is -2.79. The molecule has 0 saturated carbocycles. The summed E-state index contributed by atoms with van der Waals surface area (Å²) in [4.78, 5) is 0. The van der Waals surface area contributed by atoms with Crippen LogP contribution >= 0.6 is 0 Å². The maximum absolute atomic E-state index is 11.7. The van der Waals surface area contributed by atoms with Crippen molar-refractivity contribution in [2.24, 2.45) is 5.92 Å². The van der Waals surface area contributed by atoms with Crippen LogP contribution in [-0.4, -0.2) is 28.0 Å². The SMILES string of the molecule is CC[C@@H](C)CS(=O)(=O)CC[Si](C)(C)C. The van der Waals surface area contributed by atoms with Gasteiger partial charge in [-0.25, -0.2) is 8.42 Å². The lowest BCUT2D eigenvalue weighted by Gasteiger charge is -2.16. The lowest BCUT2D eigenvalue weighted by atomic mass is 10.2. The Morgan fingerprint density at radius 1 is 1.21 bits per heavy atom. The Balaban J connectivity index is 4.10. The summed E-state index contributed by atoms with van der Waals surface area (Å²) in [6, 6.07) is 0.895. The minimum absolute atomic E-state index is 0.307. The quantitative estimate of drug-likeness (QED) is 0.665. The van der Waals surface area contributed by atoms with E-state index in [1.54, 1.807) is 0 Å². The second kappa shape index (κ2) is 5.31. The van der Waals surface area contributed by atoms with E-state index < -0.39 is 17.9 Å². The van der Waals surface area contributed by atoms with Gasteiger partial charge in [0.05, 0.1) is 5.75 Å². The van der Waals surface area contributed by atoms with Gasteiger partial charge in [0.1, 0.15) is 9.84 Å². The van der Waals surface area contributed by atoms with Gasteiger partial charge in [-0.2, -0.15) is 0 Å². The fourth-order valence-electron chi connectivity index (χ4n) is 1.10. The molecule has 0 amide bonds. The van der Waals surface area contributed by atoms with Crippen LogP contribution in [0.15, 0.2) is 0 Å². The predicted octanol–water partition coefficient (Wildman–Crippen LogP) is 2.79. The predicted molar refractivity (Wildman–Crippen MR) is 66.3 cm³/mol. The van der Waals surface area contributed by atoms with E-state index in [9.17, 15) is 8.42 Å². The lowest BCUT2D eigenvalue weighted by Crippen LogP contribution is -2.26. The van der Waals surface area contributed by atoms with Gasteiger partial charge in [-0.1, -0.05) is 39.9 Å². The van der Waals surface area contributed by atoms with Crippen LogP contribution in [0, 0.1) is 5.92 Å². The van der Waals surface area contributed by atoms with E-state index >= 15 is 0 Å². The molecule has 0 fully saturated rings. The molecule has 0 aliphatic heterocycles. The first kappa shape index (κ1) is 14.2. The minimum Gasteiger partial charge on any atom is -0.229 e. The van der Waals surface area contributed by atoms with E-state index in [1.165, 1.54) is 0 Å². The summed E-state index contributed by atoms with van der Waals surface area (Å²) >= 11 is 0. The van der Waals surface area contributed by atoms with Crippen molar-refractivity contribution in [1.82, 2.24) is 0 Å². The molecule has 0 spiro atoms. The highest BCUT2D eigenvalue weighted by Gasteiger charge is 2.20. The zero-order chi connectivity index (χ0) is 11.4. The molecule has 1 atom stereocenters. The second-order valence-corrected chi connectivity index (χ2v) is 13.3. The van der Waals surface area contributed by atoms with Gasteiger partial charge in [-0.15, -0.1) is 0 Å². The molecule has 0 aliphatic rings. The highest BCUT2D eigenvalue weighted by molar-refractivity contribution is 7.91. The van der Waals surface area contributed by atoms with Crippen molar-refractivity contribution in [3.63, 3.8) is 0 Å². The molecular weight excluding hydrogens is 212 g/mol. The van der Waals surface area contributed by atoms with Gasteiger partial charge >= 0.3 is 0 Å². The van der Waals surface area contributed by atoms with Crippen molar-refractivity contribution < 1.29 is 8.42 Å². The van der Waals surface area contributed by atoms with Gasteiger partial charge in [0.25, 0.3) is 0 Å². The highest BCUT2D eigenvalue weighted by atomic mass is 32.2. The second-order valence-electron chi connectivity index (χ2n) is 5.44. The van der Waals surface area contributed by atoms with Crippen LogP contribution in [0.4, 0.5) is 0 Å². The van der Waals surface area contributed by atoms with Crippen LogP contribution in [0.1, 0.15) is 20.3 Å². The Bertz CT molecular complexity index is 252. The number of rotatable bonds is 6. The number of hydrogen-bond acceptors (Lipinski definition) is 2.